The van der Waals surface area contributed by atoms with Crippen molar-refractivity contribution in [2.24, 2.45) is 0 Å². The molecule has 0 fully saturated rings. The van der Waals surface area contributed by atoms with E-state index in [9.17, 15) is 4.39 Å². The van der Waals surface area contributed by atoms with Crippen LogP contribution >= 0.6 is 11.6 Å². The first kappa shape index (κ1) is 14.9. The molecule has 2 nitrogen and oxygen atoms in total. The van der Waals surface area contributed by atoms with Gasteiger partial charge in [0.05, 0.1) is 21.7 Å². The SMILES string of the molecule is Cc1cccc(-n2cnc3ccccc32)c1-c1ccc(F)cc1Cl. The van der Waals surface area contributed by atoms with Crippen LogP contribution in [-0.2, 0) is 0 Å². The van der Waals surface area contributed by atoms with Crippen LogP contribution in [0, 0.1) is 12.7 Å². The number of benzene rings is 3. The van der Waals surface area contributed by atoms with E-state index in [4.69, 9.17) is 11.6 Å². The lowest BCUT2D eigenvalue weighted by Crippen LogP contribution is -1.98. The summed E-state index contributed by atoms with van der Waals surface area (Å²) in [6.07, 6.45) is 1.81. The summed E-state index contributed by atoms with van der Waals surface area (Å²) in [6.45, 7) is 2.03. The van der Waals surface area contributed by atoms with Gasteiger partial charge in [0, 0.05) is 11.1 Å². The molecule has 0 aliphatic carbocycles. The van der Waals surface area contributed by atoms with Gasteiger partial charge >= 0.3 is 0 Å². The van der Waals surface area contributed by atoms with E-state index in [0.29, 0.717) is 5.02 Å². The Morgan fingerprint density at radius 1 is 1.00 bits per heavy atom. The van der Waals surface area contributed by atoms with Crippen LogP contribution in [0.25, 0.3) is 27.8 Å². The third kappa shape index (κ3) is 2.38. The highest BCUT2D eigenvalue weighted by atomic mass is 35.5. The molecular formula is C20H14ClFN2. The predicted molar refractivity (Wildman–Crippen MR) is 96.2 cm³/mol. The van der Waals surface area contributed by atoms with Crippen LogP contribution in [0.4, 0.5) is 4.39 Å². The molecule has 24 heavy (non-hydrogen) atoms. The van der Waals surface area contributed by atoms with Crippen LogP contribution in [0.5, 0.6) is 0 Å². The van der Waals surface area contributed by atoms with E-state index in [-0.39, 0.29) is 5.82 Å². The molecule has 0 saturated carbocycles. The molecule has 0 spiro atoms. The second-order valence-corrected chi connectivity index (χ2v) is 6.10. The standard InChI is InChI=1S/C20H14ClFN2/c1-13-5-4-8-19(20(13)15-10-9-14(22)11-16(15)21)24-12-23-17-6-2-3-7-18(17)24/h2-12H,1H3. The number of hydrogen-bond acceptors (Lipinski definition) is 1. The Labute approximate surface area is 144 Å². The lowest BCUT2D eigenvalue weighted by molar-refractivity contribution is 0.628. The molecule has 0 aliphatic heterocycles. The number of hydrogen-bond donors (Lipinski definition) is 0. The van der Waals surface area contributed by atoms with E-state index < -0.39 is 0 Å². The van der Waals surface area contributed by atoms with Gasteiger partial charge in [-0.1, -0.05) is 35.9 Å². The lowest BCUT2D eigenvalue weighted by Gasteiger charge is -2.15. The van der Waals surface area contributed by atoms with Gasteiger partial charge in [-0.3, -0.25) is 4.57 Å². The molecule has 1 aromatic heterocycles. The largest absolute Gasteiger partial charge is 0.298 e. The molecule has 0 saturated heterocycles. The van der Waals surface area contributed by atoms with E-state index in [1.54, 1.807) is 12.4 Å². The van der Waals surface area contributed by atoms with Crippen LogP contribution in [-0.4, -0.2) is 9.55 Å². The second-order valence-electron chi connectivity index (χ2n) is 5.70. The van der Waals surface area contributed by atoms with Gasteiger partial charge < -0.3 is 0 Å². The van der Waals surface area contributed by atoms with Gasteiger partial charge in [-0.2, -0.15) is 0 Å². The minimum Gasteiger partial charge on any atom is -0.298 e. The van der Waals surface area contributed by atoms with Crippen molar-refractivity contribution in [2.75, 3.05) is 0 Å². The molecule has 4 rings (SSSR count). The van der Waals surface area contributed by atoms with E-state index in [1.165, 1.54) is 12.1 Å². The number of imidazole rings is 1. The molecule has 118 valence electrons. The molecule has 4 aromatic rings. The third-order valence-electron chi connectivity index (χ3n) is 4.16. The van der Waals surface area contributed by atoms with Crippen LogP contribution in [0.15, 0.2) is 67.0 Å². The number of aromatic nitrogens is 2. The Bertz CT molecular complexity index is 1050. The van der Waals surface area contributed by atoms with E-state index >= 15 is 0 Å². The maximum Gasteiger partial charge on any atom is 0.124 e. The lowest BCUT2D eigenvalue weighted by atomic mass is 9.98. The van der Waals surface area contributed by atoms with Crippen LogP contribution < -0.4 is 0 Å². The van der Waals surface area contributed by atoms with Gasteiger partial charge in [-0.15, -0.1) is 0 Å². The fraction of sp³-hybridized carbons (Fsp3) is 0.0500. The summed E-state index contributed by atoms with van der Waals surface area (Å²) >= 11 is 6.32. The molecule has 0 atom stereocenters. The zero-order valence-electron chi connectivity index (χ0n) is 13.0. The summed E-state index contributed by atoms with van der Waals surface area (Å²) in [5.41, 5.74) is 5.77. The summed E-state index contributed by atoms with van der Waals surface area (Å²) in [5, 5.41) is 0.398. The molecule has 0 aliphatic rings. The summed E-state index contributed by atoms with van der Waals surface area (Å²) in [5.74, 6) is -0.341. The first-order chi connectivity index (χ1) is 11.6. The van der Waals surface area contributed by atoms with Crippen molar-refractivity contribution >= 4 is 22.6 Å². The van der Waals surface area contributed by atoms with Crippen LogP contribution in [0.3, 0.4) is 0 Å². The fourth-order valence-electron chi connectivity index (χ4n) is 3.05. The minimum absolute atomic E-state index is 0.341. The Morgan fingerprint density at radius 2 is 1.83 bits per heavy atom. The highest BCUT2D eigenvalue weighted by Gasteiger charge is 2.15. The molecule has 0 N–H and O–H groups in total. The van der Waals surface area contributed by atoms with Crippen LogP contribution in [0.2, 0.25) is 5.02 Å². The van der Waals surface area contributed by atoms with Crippen molar-refractivity contribution in [3.05, 3.63) is 83.4 Å². The molecule has 0 radical (unpaired) electrons. The molecule has 1 heterocycles. The first-order valence-corrected chi connectivity index (χ1v) is 8.00. The number of para-hydroxylation sites is 2. The zero-order chi connectivity index (χ0) is 16.7. The number of nitrogens with zero attached hydrogens (tertiary/aromatic N) is 2. The highest BCUT2D eigenvalue weighted by Crippen LogP contribution is 2.36. The molecule has 4 heteroatoms. The number of fused-ring (bicyclic) bond motifs is 1. The van der Waals surface area contributed by atoms with Crippen molar-refractivity contribution in [3.63, 3.8) is 0 Å². The smallest absolute Gasteiger partial charge is 0.124 e. The second kappa shape index (κ2) is 5.77. The first-order valence-electron chi connectivity index (χ1n) is 7.62. The van der Waals surface area contributed by atoms with Gasteiger partial charge in [-0.25, -0.2) is 9.37 Å². The molecule has 0 amide bonds. The van der Waals surface area contributed by atoms with Gasteiger partial charge in [0.15, 0.2) is 0 Å². The Morgan fingerprint density at radius 3 is 2.67 bits per heavy atom. The fourth-order valence-corrected chi connectivity index (χ4v) is 3.31. The van der Waals surface area contributed by atoms with E-state index in [1.807, 2.05) is 54.0 Å². The summed E-state index contributed by atoms with van der Waals surface area (Å²) in [6, 6.07) is 18.5. The summed E-state index contributed by atoms with van der Waals surface area (Å²) in [7, 11) is 0. The number of aryl methyl sites for hydroxylation is 1. The maximum absolute atomic E-state index is 13.4. The number of halogens is 2. The van der Waals surface area contributed by atoms with Gasteiger partial charge in [0.2, 0.25) is 0 Å². The minimum atomic E-state index is -0.341. The van der Waals surface area contributed by atoms with Crippen molar-refractivity contribution < 1.29 is 4.39 Å². The Balaban J connectivity index is 2.03. The monoisotopic (exact) mass is 336 g/mol. The summed E-state index contributed by atoms with van der Waals surface area (Å²) in [4.78, 5) is 4.47. The van der Waals surface area contributed by atoms with Crippen molar-refractivity contribution in [1.29, 1.82) is 0 Å². The Hall–Kier alpha value is -2.65. The molecule has 0 unspecified atom stereocenters. The normalized spacial score (nSPS) is 11.1. The quantitative estimate of drug-likeness (QED) is 0.453. The van der Waals surface area contributed by atoms with Gasteiger partial charge in [0.1, 0.15) is 12.1 Å². The average molecular weight is 337 g/mol. The maximum atomic E-state index is 13.4. The van der Waals surface area contributed by atoms with Crippen LogP contribution in [0.1, 0.15) is 5.56 Å². The topological polar surface area (TPSA) is 17.8 Å². The Kier molecular flexibility index (Phi) is 3.58. The highest BCUT2D eigenvalue weighted by molar-refractivity contribution is 6.33. The van der Waals surface area contributed by atoms with Crippen molar-refractivity contribution in [1.82, 2.24) is 9.55 Å². The molecule has 0 bridgehead atoms. The van der Waals surface area contributed by atoms with Gasteiger partial charge in [0.25, 0.3) is 0 Å². The third-order valence-corrected chi connectivity index (χ3v) is 4.48. The summed E-state index contributed by atoms with van der Waals surface area (Å²) < 4.78 is 15.5. The van der Waals surface area contributed by atoms with Crippen molar-refractivity contribution in [2.45, 2.75) is 6.92 Å². The molecule has 3 aromatic carbocycles. The number of rotatable bonds is 2. The zero-order valence-corrected chi connectivity index (χ0v) is 13.8. The average Bonchev–Trinajstić information content (AvgIpc) is 2.99. The van der Waals surface area contributed by atoms with Gasteiger partial charge in [-0.05, 0) is 48.9 Å². The predicted octanol–water partition coefficient (Wildman–Crippen LogP) is 5.79. The molecular weight excluding hydrogens is 323 g/mol. The van der Waals surface area contributed by atoms with E-state index in [2.05, 4.69) is 4.98 Å². The van der Waals surface area contributed by atoms with Crippen molar-refractivity contribution in [3.8, 4) is 16.8 Å². The van der Waals surface area contributed by atoms with E-state index in [0.717, 1.165) is 33.4 Å².